The van der Waals surface area contributed by atoms with Crippen LogP contribution < -0.4 is 11.1 Å². The number of nitrogens with one attached hydrogen (secondary N) is 1. The van der Waals surface area contributed by atoms with E-state index in [0.29, 0.717) is 5.96 Å². The second-order valence-electron chi connectivity index (χ2n) is 4.53. The molecule has 0 aliphatic heterocycles. The highest BCUT2D eigenvalue weighted by molar-refractivity contribution is 5.77. The summed E-state index contributed by atoms with van der Waals surface area (Å²) in [4.78, 5) is 8.46. The Labute approximate surface area is 101 Å². The minimum absolute atomic E-state index is 0.535. The van der Waals surface area contributed by atoms with Gasteiger partial charge in [0.25, 0.3) is 0 Å². The molecule has 0 aromatic carbocycles. The lowest BCUT2D eigenvalue weighted by Gasteiger charge is -2.23. The van der Waals surface area contributed by atoms with Gasteiger partial charge in [-0.1, -0.05) is 6.42 Å². The van der Waals surface area contributed by atoms with Crippen LogP contribution in [0.2, 0.25) is 0 Å². The summed E-state index contributed by atoms with van der Waals surface area (Å²) in [5.74, 6) is 2.12. The van der Waals surface area contributed by atoms with E-state index < -0.39 is 0 Å². The summed E-state index contributed by atoms with van der Waals surface area (Å²) >= 11 is 0. The maximum absolute atomic E-state index is 5.76. The quantitative estimate of drug-likeness (QED) is 0.559. The van der Waals surface area contributed by atoms with Crippen molar-refractivity contribution in [3.8, 4) is 0 Å². The fourth-order valence-corrected chi connectivity index (χ4v) is 1.76. The van der Waals surface area contributed by atoms with Gasteiger partial charge in [0, 0.05) is 26.6 Å². The van der Waals surface area contributed by atoms with Crippen molar-refractivity contribution in [3.63, 3.8) is 0 Å². The Bertz CT molecular complexity index is 379. The van der Waals surface area contributed by atoms with Gasteiger partial charge in [0.2, 0.25) is 0 Å². The third-order valence-corrected chi connectivity index (χ3v) is 3.05. The first-order valence-electron chi connectivity index (χ1n) is 6.12. The molecule has 94 valence electrons. The Morgan fingerprint density at radius 1 is 1.65 bits per heavy atom. The van der Waals surface area contributed by atoms with E-state index in [4.69, 9.17) is 5.73 Å². The molecule has 1 aromatic heterocycles. The molecule has 0 amide bonds. The van der Waals surface area contributed by atoms with E-state index in [2.05, 4.69) is 20.4 Å². The van der Waals surface area contributed by atoms with E-state index in [0.717, 1.165) is 31.3 Å². The van der Waals surface area contributed by atoms with Crippen LogP contribution in [0.25, 0.3) is 0 Å². The van der Waals surface area contributed by atoms with Crippen molar-refractivity contribution >= 4 is 5.96 Å². The number of nitrogens with zero attached hydrogens (tertiary/aromatic N) is 4. The fraction of sp³-hybridized carbons (Fsp3) is 0.727. The van der Waals surface area contributed by atoms with Crippen LogP contribution in [-0.4, -0.2) is 33.8 Å². The van der Waals surface area contributed by atoms with Crippen molar-refractivity contribution in [2.45, 2.75) is 25.7 Å². The van der Waals surface area contributed by atoms with Crippen molar-refractivity contribution in [3.05, 3.63) is 12.2 Å². The number of nitrogens with two attached hydrogens (primary N) is 1. The van der Waals surface area contributed by atoms with Crippen LogP contribution >= 0.6 is 0 Å². The monoisotopic (exact) mass is 236 g/mol. The molecule has 3 N–H and O–H groups in total. The number of guanidine groups is 1. The first-order valence-corrected chi connectivity index (χ1v) is 6.12. The molecule has 1 aliphatic carbocycles. The van der Waals surface area contributed by atoms with Gasteiger partial charge in [0.1, 0.15) is 6.33 Å². The van der Waals surface area contributed by atoms with Crippen LogP contribution in [-0.2, 0) is 13.5 Å². The smallest absolute Gasteiger partial charge is 0.188 e. The van der Waals surface area contributed by atoms with Gasteiger partial charge in [-0.3, -0.25) is 9.67 Å². The van der Waals surface area contributed by atoms with E-state index in [-0.39, 0.29) is 0 Å². The topological polar surface area (TPSA) is 81.1 Å². The molecule has 0 radical (unpaired) electrons. The van der Waals surface area contributed by atoms with Crippen molar-refractivity contribution in [2.24, 2.45) is 23.7 Å². The molecular formula is C11H20N6. The van der Waals surface area contributed by atoms with Crippen molar-refractivity contribution < 1.29 is 0 Å². The maximum atomic E-state index is 5.76. The normalized spacial score (nSPS) is 16.9. The second-order valence-corrected chi connectivity index (χ2v) is 4.53. The number of aromatic nitrogens is 3. The third kappa shape index (κ3) is 3.72. The standard InChI is InChI=1S/C11H20N6/c1-17-8-15-10(16-17)5-6-13-11(12)14-7-9-3-2-4-9/h8-9H,2-7H2,1H3,(H3,12,13,14). The zero-order chi connectivity index (χ0) is 12.1. The van der Waals surface area contributed by atoms with E-state index in [1.807, 2.05) is 7.05 Å². The first kappa shape index (κ1) is 11.9. The number of aryl methyl sites for hydroxylation is 1. The Hall–Kier alpha value is -1.59. The van der Waals surface area contributed by atoms with Crippen LogP contribution in [0.3, 0.4) is 0 Å². The summed E-state index contributed by atoms with van der Waals surface area (Å²) in [6.07, 6.45) is 6.41. The molecule has 1 saturated carbocycles. The summed E-state index contributed by atoms with van der Waals surface area (Å²) in [5.41, 5.74) is 5.76. The molecular weight excluding hydrogens is 216 g/mol. The van der Waals surface area contributed by atoms with Gasteiger partial charge < -0.3 is 11.1 Å². The van der Waals surface area contributed by atoms with Gasteiger partial charge in [-0.05, 0) is 18.8 Å². The zero-order valence-electron chi connectivity index (χ0n) is 10.3. The summed E-state index contributed by atoms with van der Waals surface area (Å²) in [7, 11) is 1.86. The molecule has 0 unspecified atom stereocenters. The van der Waals surface area contributed by atoms with Gasteiger partial charge >= 0.3 is 0 Å². The number of rotatable bonds is 5. The lowest BCUT2D eigenvalue weighted by molar-refractivity contribution is 0.326. The average molecular weight is 236 g/mol. The highest BCUT2D eigenvalue weighted by atomic mass is 15.3. The summed E-state index contributed by atoms with van der Waals surface area (Å²) < 4.78 is 1.70. The first-order chi connectivity index (χ1) is 8.24. The summed E-state index contributed by atoms with van der Waals surface area (Å²) in [5, 5.41) is 7.27. The minimum atomic E-state index is 0.535. The Kier molecular flexibility index (Phi) is 3.95. The fourth-order valence-electron chi connectivity index (χ4n) is 1.76. The average Bonchev–Trinajstić information content (AvgIpc) is 2.62. The summed E-state index contributed by atoms with van der Waals surface area (Å²) in [6.45, 7) is 1.59. The molecule has 0 saturated heterocycles. The molecule has 1 heterocycles. The summed E-state index contributed by atoms with van der Waals surface area (Å²) in [6, 6.07) is 0. The largest absolute Gasteiger partial charge is 0.370 e. The van der Waals surface area contributed by atoms with Crippen LogP contribution in [0.5, 0.6) is 0 Å². The molecule has 1 aliphatic rings. The molecule has 0 bridgehead atoms. The van der Waals surface area contributed by atoms with Crippen molar-refractivity contribution in [2.75, 3.05) is 13.1 Å². The second kappa shape index (κ2) is 5.65. The molecule has 6 nitrogen and oxygen atoms in total. The predicted molar refractivity (Wildman–Crippen MR) is 66.5 cm³/mol. The van der Waals surface area contributed by atoms with Gasteiger partial charge in [-0.2, -0.15) is 5.10 Å². The number of hydrogen-bond donors (Lipinski definition) is 2. The van der Waals surface area contributed by atoms with Crippen LogP contribution in [0.15, 0.2) is 11.3 Å². The Morgan fingerprint density at radius 3 is 3.06 bits per heavy atom. The van der Waals surface area contributed by atoms with Gasteiger partial charge in [-0.15, -0.1) is 0 Å². The van der Waals surface area contributed by atoms with Crippen LogP contribution in [0.1, 0.15) is 25.1 Å². The van der Waals surface area contributed by atoms with E-state index in [1.165, 1.54) is 19.3 Å². The van der Waals surface area contributed by atoms with Crippen molar-refractivity contribution in [1.82, 2.24) is 20.1 Å². The number of aliphatic imine (C=N–C) groups is 1. The predicted octanol–water partition coefficient (Wildman–Crippen LogP) is 0.0620. The third-order valence-electron chi connectivity index (χ3n) is 3.05. The zero-order valence-corrected chi connectivity index (χ0v) is 10.3. The molecule has 2 rings (SSSR count). The maximum Gasteiger partial charge on any atom is 0.188 e. The highest BCUT2D eigenvalue weighted by Gasteiger charge is 2.16. The molecule has 17 heavy (non-hydrogen) atoms. The number of hydrogen-bond acceptors (Lipinski definition) is 3. The molecule has 1 fully saturated rings. The molecule has 0 atom stereocenters. The van der Waals surface area contributed by atoms with Crippen molar-refractivity contribution in [1.29, 1.82) is 0 Å². The van der Waals surface area contributed by atoms with Gasteiger partial charge in [0.15, 0.2) is 11.8 Å². The SMILES string of the molecule is Cn1cnc(CCNC(N)=NCC2CCC2)n1. The lowest BCUT2D eigenvalue weighted by atomic mass is 9.86. The molecule has 1 aromatic rings. The van der Waals surface area contributed by atoms with E-state index in [9.17, 15) is 0 Å². The molecule has 0 spiro atoms. The highest BCUT2D eigenvalue weighted by Crippen LogP contribution is 2.26. The van der Waals surface area contributed by atoms with Gasteiger partial charge in [-0.25, -0.2) is 4.98 Å². The van der Waals surface area contributed by atoms with Crippen LogP contribution in [0, 0.1) is 5.92 Å². The van der Waals surface area contributed by atoms with Crippen LogP contribution in [0.4, 0.5) is 0 Å². The minimum Gasteiger partial charge on any atom is -0.370 e. The van der Waals surface area contributed by atoms with Gasteiger partial charge in [0.05, 0.1) is 0 Å². The Morgan fingerprint density at radius 2 is 2.47 bits per heavy atom. The lowest BCUT2D eigenvalue weighted by Crippen LogP contribution is -2.34. The van der Waals surface area contributed by atoms with E-state index >= 15 is 0 Å². The van der Waals surface area contributed by atoms with E-state index in [1.54, 1.807) is 11.0 Å². The molecule has 6 heteroatoms. The Balaban J connectivity index is 1.63.